The quantitative estimate of drug-likeness (QED) is 0.353. The highest BCUT2D eigenvalue weighted by Gasteiger charge is 2.25. The summed E-state index contributed by atoms with van der Waals surface area (Å²) in [6.45, 7) is 3.85. The highest BCUT2D eigenvalue weighted by atomic mass is 79.9. The molecule has 1 aromatic heterocycles. The molecule has 2 rings (SSSR count). The number of aromatic nitrogens is 2. The van der Waals surface area contributed by atoms with Crippen LogP contribution >= 0.6 is 15.9 Å². The highest BCUT2D eigenvalue weighted by Crippen LogP contribution is 2.23. The summed E-state index contributed by atoms with van der Waals surface area (Å²) in [6.07, 6.45) is 1.40. The maximum atomic E-state index is 12.6. The molecule has 0 saturated carbocycles. The molecule has 0 unspecified atom stereocenters. The van der Waals surface area contributed by atoms with E-state index < -0.39 is 10.1 Å². The second-order valence-electron chi connectivity index (χ2n) is 6.23. The van der Waals surface area contributed by atoms with E-state index in [1.165, 1.54) is 0 Å². The number of benzene rings is 1. The Kier molecular flexibility index (Phi) is 6.96. The molecule has 2 aromatic rings. The first-order valence-electron chi connectivity index (χ1n) is 7.99. The fourth-order valence-corrected chi connectivity index (χ4v) is 2.95. The van der Waals surface area contributed by atoms with E-state index >= 15 is 0 Å². The highest BCUT2D eigenvalue weighted by molar-refractivity contribution is 9.10. The van der Waals surface area contributed by atoms with Crippen molar-refractivity contribution in [3.05, 3.63) is 57.1 Å². The molecule has 0 atom stereocenters. The molecular weight excluding hydrogens is 424 g/mol. The van der Waals surface area contributed by atoms with Crippen LogP contribution < -0.4 is 9.47 Å². The third-order valence-electron chi connectivity index (χ3n) is 3.37. The standard InChI is InChI=1S/C17H21BrN2O5S/c1-12(2)9-15-17(24-10-13-7-5-4-6-8-13)19-14(16(18)20(15)21)11-25-26(3,22)23/h4-8,12H,9-11H2,1-3H3. The van der Waals surface area contributed by atoms with E-state index in [9.17, 15) is 13.6 Å². The second-order valence-corrected chi connectivity index (χ2v) is 8.63. The average Bonchev–Trinajstić information content (AvgIpc) is 2.57. The van der Waals surface area contributed by atoms with Crippen molar-refractivity contribution >= 4 is 26.0 Å². The number of halogens is 1. The van der Waals surface area contributed by atoms with Crippen molar-refractivity contribution in [1.82, 2.24) is 4.98 Å². The predicted molar refractivity (Wildman–Crippen MR) is 99.8 cm³/mol. The molecule has 0 saturated heterocycles. The number of nitrogens with zero attached hydrogens (tertiary/aromatic N) is 2. The Balaban J connectivity index is 2.35. The summed E-state index contributed by atoms with van der Waals surface area (Å²) in [5, 5.41) is 12.6. The Bertz CT molecular complexity index is 857. The summed E-state index contributed by atoms with van der Waals surface area (Å²) in [5.41, 5.74) is 1.46. The molecule has 0 aliphatic rings. The Hall–Kier alpha value is -1.71. The van der Waals surface area contributed by atoms with Gasteiger partial charge in [-0.2, -0.15) is 13.1 Å². The summed E-state index contributed by atoms with van der Waals surface area (Å²) in [6, 6.07) is 9.49. The van der Waals surface area contributed by atoms with Crippen molar-refractivity contribution < 1.29 is 22.1 Å². The van der Waals surface area contributed by atoms with Gasteiger partial charge in [0.2, 0.25) is 0 Å². The topological polar surface area (TPSA) is 92.4 Å². The van der Waals surface area contributed by atoms with E-state index in [1.807, 2.05) is 44.2 Å². The minimum absolute atomic E-state index is 0.115. The van der Waals surface area contributed by atoms with E-state index in [0.717, 1.165) is 11.8 Å². The number of rotatable bonds is 8. The van der Waals surface area contributed by atoms with E-state index in [4.69, 9.17) is 8.92 Å². The van der Waals surface area contributed by atoms with Gasteiger partial charge >= 0.3 is 0 Å². The van der Waals surface area contributed by atoms with Crippen molar-refractivity contribution in [3.63, 3.8) is 0 Å². The third kappa shape index (κ3) is 5.93. The van der Waals surface area contributed by atoms with E-state index in [2.05, 4.69) is 20.9 Å². The van der Waals surface area contributed by atoms with E-state index in [-0.39, 0.29) is 35.3 Å². The van der Waals surface area contributed by atoms with Crippen LogP contribution in [0.5, 0.6) is 5.88 Å². The Morgan fingerprint density at radius 2 is 1.88 bits per heavy atom. The van der Waals surface area contributed by atoms with Crippen LogP contribution in [0.25, 0.3) is 0 Å². The molecule has 0 spiro atoms. The Labute approximate surface area is 161 Å². The monoisotopic (exact) mass is 444 g/mol. The van der Waals surface area contributed by atoms with Crippen molar-refractivity contribution in [3.8, 4) is 5.88 Å². The van der Waals surface area contributed by atoms with Crippen LogP contribution in [0.2, 0.25) is 0 Å². The van der Waals surface area contributed by atoms with E-state index in [1.54, 1.807) is 0 Å². The summed E-state index contributed by atoms with van der Waals surface area (Å²) in [5.74, 6) is 0.383. The maximum absolute atomic E-state index is 12.6. The summed E-state index contributed by atoms with van der Waals surface area (Å²) in [4.78, 5) is 4.32. The van der Waals surface area contributed by atoms with Crippen molar-refractivity contribution in [1.29, 1.82) is 0 Å². The fraction of sp³-hybridized carbons (Fsp3) is 0.412. The van der Waals surface area contributed by atoms with Crippen LogP contribution in [0.3, 0.4) is 0 Å². The zero-order valence-corrected chi connectivity index (χ0v) is 17.2. The Morgan fingerprint density at radius 3 is 2.46 bits per heavy atom. The number of ether oxygens (including phenoxy) is 1. The molecule has 9 heteroatoms. The summed E-state index contributed by atoms with van der Waals surface area (Å²) >= 11 is 3.18. The minimum atomic E-state index is -3.66. The van der Waals surface area contributed by atoms with Gasteiger partial charge in [0.25, 0.3) is 26.3 Å². The van der Waals surface area contributed by atoms with Gasteiger partial charge in [0, 0.05) is 22.4 Å². The molecule has 0 fully saturated rings. The lowest BCUT2D eigenvalue weighted by atomic mass is 10.1. The van der Waals surface area contributed by atoms with Crippen LogP contribution in [0.15, 0.2) is 34.9 Å². The lowest BCUT2D eigenvalue weighted by Crippen LogP contribution is -2.37. The zero-order chi connectivity index (χ0) is 19.3. The molecule has 0 bridgehead atoms. The van der Waals surface area contributed by atoms with Gasteiger partial charge in [-0.1, -0.05) is 44.2 Å². The third-order valence-corrected chi connectivity index (χ3v) is 4.70. The first kappa shape index (κ1) is 20.6. The maximum Gasteiger partial charge on any atom is 0.285 e. The smallest absolute Gasteiger partial charge is 0.285 e. The molecule has 0 radical (unpaired) electrons. The first-order valence-corrected chi connectivity index (χ1v) is 10.6. The van der Waals surface area contributed by atoms with Gasteiger partial charge in [0.1, 0.15) is 13.2 Å². The van der Waals surface area contributed by atoms with Crippen LogP contribution in [0.4, 0.5) is 0 Å². The lowest BCUT2D eigenvalue weighted by Gasteiger charge is -2.15. The molecule has 0 amide bonds. The molecule has 0 aliphatic heterocycles. The largest absolute Gasteiger partial charge is 0.618 e. The van der Waals surface area contributed by atoms with Crippen molar-refractivity contribution in [2.45, 2.75) is 33.5 Å². The average molecular weight is 445 g/mol. The van der Waals surface area contributed by atoms with Crippen LogP contribution in [-0.4, -0.2) is 19.7 Å². The normalized spacial score (nSPS) is 11.7. The van der Waals surface area contributed by atoms with Gasteiger partial charge in [-0.25, -0.2) is 4.98 Å². The molecule has 1 heterocycles. The SMILES string of the molecule is CC(C)Cc1c(OCc2ccccc2)nc(COS(C)(=O)=O)c(Br)[n+]1[O-]. The fourth-order valence-electron chi connectivity index (χ4n) is 2.21. The zero-order valence-electron chi connectivity index (χ0n) is 14.8. The molecule has 142 valence electrons. The molecule has 7 nitrogen and oxygen atoms in total. The molecule has 0 aliphatic carbocycles. The molecule has 0 N–H and O–H groups in total. The van der Waals surface area contributed by atoms with Gasteiger partial charge in [0.05, 0.1) is 6.26 Å². The van der Waals surface area contributed by atoms with Gasteiger partial charge in [-0.05, 0) is 11.5 Å². The number of hydrogen-bond donors (Lipinski definition) is 0. The van der Waals surface area contributed by atoms with Gasteiger partial charge < -0.3 is 9.94 Å². The van der Waals surface area contributed by atoms with Crippen molar-refractivity contribution in [2.24, 2.45) is 5.92 Å². The first-order chi connectivity index (χ1) is 12.2. The second kappa shape index (κ2) is 8.79. The lowest BCUT2D eigenvalue weighted by molar-refractivity contribution is -0.627. The van der Waals surface area contributed by atoms with Crippen molar-refractivity contribution in [2.75, 3.05) is 6.26 Å². The molecule has 26 heavy (non-hydrogen) atoms. The van der Waals surface area contributed by atoms with Crippen LogP contribution in [0.1, 0.15) is 30.8 Å². The van der Waals surface area contributed by atoms with Gasteiger partial charge in [-0.3, -0.25) is 4.18 Å². The van der Waals surface area contributed by atoms with Crippen LogP contribution in [0, 0.1) is 11.1 Å². The summed E-state index contributed by atoms with van der Waals surface area (Å²) < 4.78 is 33.8. The van der Waals surface area contributed by atoms with Crippen LogP contribution in [-0.2, 0) is 33.9 Å². The molecular formula is C17H21BrN2O5S. The van der Waals surface area contributed by atoms with Gasteiger partial charge in [-0.15, -0.1) is 0 Å². The van der Waals surface area contributed by atoms with E-state index in [0.29, 0.717) is 16.8 Å². The Morgan fingerprint density at radius 1 is 1.23 bits per heavy atom. The minimum Gasteiger partial charge on any atom is -0.618 e. The molecule has 1 aromatic carbocycles. The number of hydrogen-bond acceptors (Lipinski definition) is 6. The summed E-state index contributed by atoms with van der Waals surface area (Å²) in [7, 11) is -3.66. The van der Waals surface area contributed by atoms with Gasteiger partial charge in [0.15, 0.2) is 5.69 Å². The predicted octanol–water partition coefficient (Wildman–Crippen LogP) is 2.73.